The van der Waals surface area contributed by atoms with E-state index in [4.69, 9.17) is 11.6 Å². The van der Waals surface area contributed by atoms with Crippen LogP contribution in [0.2, 0.25) is 5.02 Å². The van der Waals surface area contributed by atoms with Crippen molar-refractivity contribution in [2.24, 2.45) is 0 Å². The van der Waals surface area contributed by atoms with Gasteiger partial charge in [-0.15, -0.1) is 0 Å². The summed E-state index contributed by atoms with van der Waals surface area (Å²) in [6, 6.07) is 8.03. The van der Waals surface area contributed by atoms with E-state index < -0.39 is 0 Å². The Labute approximate surface area is 118 Å². The minimum absolute atomic E-state index is 0.0118. The maximum atomic E-state index is 12.6. The molecule has 1 aromatic rings. The van der Waals surface area contributed by atoms with Crippen LogP contribution < -0.4 is 5.32 Å². The molecule has 2 fully saturated rings. The number of rotatable bonds is 3. The van der Waals surface area contributed by atoms with Crippen LogP contribution in [-0.2, 0) is 4.79 Å². The fraction of sp³-hybridized carbons (Fsp3) is 0.533. The summed E-state index contributed by atoms with van der Waals surface area (Å²) in [5.74, 6) is 0.266. The minimum atomic E-state index is -0.270. The average molecular weight is 279 g/mol. The predicted octanol–water partition coefficient (Wildman–Crippen LogP) is 3.10. The van der Waals surface area contributed by atoms with Crippen molar-refractivity contribution in [3.05, 3.63) is 34.9 Å². The molecule has 1 aliphatic heterocycles. The zero-order chi connectivity index (χ0) is 13.6. The number of benzene rings is 1. The van der Waals surface area contributed by atoms with E-state index in [-0.39, 0.29) is 23.7 Å². The van der Waals surface area contributed by atoms with Gasteiger partial charge in [0.05, 0.1) is 0 Å². The van der Waals surface area contributed by atoms with Gasteiger partial charge in [-0.3, -0.25) is 10.1 Å². The second-order valence-corrected chi connectivity index (χ2v) is 6.09. The second-order valence-electron chi connectivity index (χ2n) is 5.65. The highest BCUT2D eigenvalue weighted by molar-refractivity contribution is 6.30. The van der Waals surface area contributed by atoms with Crippen molar-refractivity contribution in [2.75, 3.05) is 0 Å². The Morgan fingerprint density at radius 3 is 2.58 bits per heavy atom. The number of carbonyl (C=O) groups is 1. The zero-order valence-corrected chi connectivity index (χ0v) is 12.1. The molecule has 1 heterocycles. The second kappa shape index (κ2) is 4.50. The highest BCUT2D eigenvalue weighted by Gasteiger charge is 2.59. The molecule has 0 aromatic heterocycles. The molecule has 102 valence electrons. The minimum Gasteiger partial charge on any atom is -0.319 e. The Bertz CT molecular complexity index is 495. The lowest BCUT2D eigenvalue weighted by Crippen LogP contribution is -2.38. The van der Waals surface area contributed by atoms with Crippen LogP contribution in [-0.4, -0.2) is 22.4 Å². The Balaban J connectivity index is 1.94. The average Bonchev–Trinajstić information content (AvgIpc) is 3.13. The largest absolute Gasteiger partial charge is 0.319 e. The van der Waals surface area contributed by atoms with Crippen molar-refractivity contribution >= 4 is 17.5 Å². The summed E-state index contributed by atoms with van der Waals surface area (Å²) in [5.41, 5.74) is 0.843. The quantitative estimate of drug-likeness (QED) is 0.921. The van der Waals surface area contributed by atoms with Crippen LogP contribution in [0, 0.1) is 0 Å². The molecule has 1 amide bonds. The molecule has 1 spiro atoms. The number of hydrogen-bond donors (Lipinski definition) is 1. The molecule has 3 nitrogen and oxygen atoms in total. The predicted molar refractivity (Wildman–Crippen MR) is 75.9 cm³/mol. The van der Waals surface area contributed by atoms with Gasteiger partial charge in [0.2, 0.25) is 5.91 Å². The van der Waals surface area contributed by atoms with Crippen LogP contribution in [0.15, 0.2) is 24.3 Å². The number of carbonyl (C=O) groups excluding carboxylic acids is 1. The van der Waals surface area contributed by atoms with Crippen LogP contribution in [0.1, 0.15) is 44.8 Å². The third kappa shape index (κ3) is 2.05. The first kappa shape index (κ1) is 12.9. The van der Waals surface area contributed by atoms with E-state index in [1.54, 1.807) is 0 Å². The molecule has 2 atom stereocenters. The summed E-state index contributed by atoms with van der Waals surface area (Å²) in [6.45, 7) is 4.23. The molecule has 1 saturated heterocycles. The molecule has 4 heteroatoms. The maximum absolute atomic E-state index is 12.6. The zero-order valence-electron chi connectivity index (χ0n) is 11.3. The van der Waals surface area contributed by atoms with Gasteiger partial charge in [-0.2, -0.15) is 0 Å². The van der Waals surface area contributed by atoms with Gasteiger partial charge < -0.3 is 4.90 Å². The van der Waals surface area contributed by atoms with E-state index in [0.29, 0.717) is 0 Å². The number of nitrogens with one attached hydrogen (secondary N) is 1. The molecule has 1 aliphatic carbocycles. The van der Waals surface area contributed by atoms with E-state index in [1.165, 1.54) is 0 Å². The summed E-state index contributed by atoms with van der Waals surface area (Å²) in [7, 11) is 0. The van der Waals surface area contributed by atoms with Crippen LogP contribution in [0.25, 0.3) is 0 Å². The summed E-state index contributed by atoms with van der Waals surface area (Å²) in [4.78, 5) is 14.6. The fourth-order valence-electron chi connectivity index (χ4n) is 2.78. The van der Waals surface area contributed by atoms with Crippen LogP contribution in [0.3, 0.4) is 0 Å². The molecular weight excluding hydrogens is 260 g/mol. The SMILES string of the molecule is CCC(C)N1C(=O)C2(CC2)NC1c1ccc(Cl)cc1. The topological polar surface area (TPSA) is 32.3 Å². The van der Waals surface area contributed by atoms with E-state index in [1.807, 2.05) is 29.2 Å². The number of hydrogen-bond acceptors (Lipinski definition) is 2. The van der Waals surface area contributed by atoms with Gasteiger partial charge in [-0.1, -0.05) is 30.7 Å². The smallest absolute Gasteiger partial charge is 0.244 e. The van der Waals surface area contributed by atoms with Crippen molar-refractivity contribution in [2.45, 2.75) is 50.9 Å². The first-order valence-electron chi connectivity index (χ1n) is 6.93. The summed E-state index contributed by atoms with van der Waals surface area (Å²) < 4.78 is 0. The summed E-state index contributed by atoms with van der Waals surface area (Å²) >= 11 is 5.94. The number of halogens is 1. The monoisotopic (exact) mass is 278 g/mol. The van der Waals surface area contributed by atoms with Crippen LogP contribution in [0.5, 0.6) is 0 Å². The van der Waals surface area contributed by atoms with Gasteiger partial charge >= 0.3 is 0 Å². The molecule has 1 N–H and O–H groups in total. The van der Waals surface area contributed by atoms with Crippen molar-refractivity contribution in [1.29, 1.82) is 0 Å². The Kier molecular flexibility index (Phi) is 3.06. The molecule has 2 aliphatic rings. The Morgan fingerprint density at radius 2 is 2.05 bits per heavy atom. The van der Waals surface area contributed by atoms with Gasteiger partial charge in [-0.05, 0) is 43.9 Å². The molecule has 0 bridgehead atoms. The lowest BCUT2D eigenvalue weighted by molar-refractivity contribution is -0.132. The standard InChI is InChI=1S/C15H19ClN2O/c1-3-10(2)18-13(11-4-6-12(16)7-5-11)17-15(8-9-15)14(18)19/h4-7,10,13,17H,3,8-9H2,1-2H3. The number of amides is 1. The maximum Gasteiger partial charge on any atom is 0.244 e. The van der Waals surface area contributed by atoms with Gasteiger partial charge in [-0.25, -0.2) is 0 Å². The van der Waals surface area contributed by atoms with E-state index in [0.717, 1.165) is 29.8 Å². The lowest BCUT2D eigenvalue weighted by atomic mass is 10.1. The summed E-state index contributed by atoms with van der Waals surface area (Å²) in [5, 5.41) is 4.25. The molecular formula is C15H19ClN2O. The molecule has 1 aromatic carbocycles. The molecule has 0 radical (unpaired) electrons. The Morgan fingerprint density at radius 1 is 1.42 bits per heavy atom. The Hall–Kier alpha value is -1.06. The van der Waals surface area contributed by atoms with Crippen LogP contribution in [0.4, 0.5) is 0 Å². The normalized spacial score (nSPS) is 25.9. The van der Waals surface area contributed by atoms with Gasteiger partial charge in [0.15, 0.2) is 0 Å². The molecule has 3 rings (SSSR count). The third-order valence-corrected chi connectivity index (χ3v) is 4.59. The molecule has 1 saturated carbocycles. The number of nitrogens with zero attached hydrogens (tertiary/aromatic N) is 1. The highest BCUT2D eigenvalue weighted by Crippen LogP contribution is 2.46. The fourth-order valence-corrected chi connectivity index (χ4v) is 2.91. The van der Waals surface area contributed by atoms with Crippen molar-refractivity contribution in [3.63, 3.8) is 0 Å². The van der Waals surface area contributed by atoms with Crippen molar-refractivity contribution < 1.29 is 4.79 Å². The molecule has 19 heavy (non-hydrogen) atoms. The van der Waals surface area contributed by atoms with Crippen LogP contribution >= 0.6 is 11.6 Å². The van der Waals surface area contributed by atoms with Gasteiger partial charge in [0, 0.05) is 11.1 Å². The van der Waals surface area contributed by atoms with Gasteiger partial charge in [0.25, 0.3) is 0 Å². The first-order valence-corrected chi connectivity index (χ1v) is 7.31. The summed E-state index contributed by atoms with van der Waals surface area (Å²) in [6.07, 6.45) is 2.88. The first-order chi connectivity index (χ1) is 9.07. The van der Waals surface area contributed by atoms with E-state index in [9.17, 15) is 4.79 Å². The van der Waals surface area contributed by atoms with Crippen molar-refractivity contribution in [3.8, 4) is 0 Å². The highest BCUT2D eigenvalue weighted by atomic mass is 35.5. The van der Waals surface area contributed by atoms with E-state index in [2.05, 4.69) is 19.2 Å². The van der Waals surface area contributed by atoms with Crippen molar-refractivity contribution in [1.82, 2.24) is 10.2 Å². The third-order valence-electron chi connectivity index (χ3n) is 4.34. The van der Waals surface area contributed by atoms with Gasteiger partial charge in [0.1, 0.15) is 11.7 Å². The van der Waals surface area contributed by atoms with E-state index >= 15 is 0 Å². The molecule has 2 unspecified atom stereocenters. The lowest BCUT2D eigenvalue weighted by Gasteiger charge is -2.30.